The van der Waals surface area contributed by atoms with E-state index in [4.69, 9.17) is 16.3 Å². The fourth-order valence-electron chi connectivity index (χ4n) is 3.59. The van der Waals surface area contributed by atoms with Crippen LogP contribution >= 0.6 is 11.6 Å². The Labute approximate surface area is 164 Å². The number of hydrogen-bond donors (Lipinski definition) is 0. The van der Waals surface area contributed by atoms with Crippen LogP contribution in [0.25, 0.3) is 0 Å². The Morgan fingerprint density at radius 3 is 2.78 bits per heavy atom. The van der Waals surface area contributed by atoms with Gasteiger partial charge in [-0.3, -0.25) is 4.79 Å². The number of aromatic nitrogens is 2. The molecule has 0 bridgehead atoms. The van der Waals surface area contributed by atoms with Gasteiger partial charge in [-0.2, -0.15) is 0 Å². The smallest absolute Gasteiger partial charge is 0.226 e. The summed E-state index contributed by atoms with van der Waals surface area (Å²) in [6.07, 6.45) is 4.77. The largest absolute Gasteiger partial charge is 0.439 e. The van der Waals surface area contributed by atoms with Crippen LogP contribution in [0.3, 0.4) is 0 Å². The maximum absolute atomic E-state index is 12.6. The number of carbonyl (C=O) groups is 1. The van der Waals surface area contributed by atoms with Crippen LogP contribution in [0.4, 0.5) is 5.82 Å². The van der Waals surface area contributed by atoms with Gasteiger partial charge in [0, 0.05) is 42.7 Å². The van der Waals surface area contributed by atoms with Gasteiger partial charge in [-0.25, -0.2) is 9.97 Å². The van der Waals surface area contributed by atoms with E-state index in [1.807, 2.05) is 23.1 Å². The van der Waals surface area contributed by atoms with Crippen molar-refractivity contribution >= 4 is 23.3 Å². The van der Waals surface area contributed by atoms with E-state index in [0.29, 0.717) is 22.6 Å². The maximum Gasteiger partial charge on any atom is 0.226 e. The zero-order valence-electron chi connectivity index (χ0n) is 15.3. The van der Waals surface area contributed by atoms with Crippen molar-refractivity contribution in [2.24, 2.45) is 5.92 Å². The molecule has 2 heterocycles. The summed E-state index contributed by atoms with van der Waals surface area (Å²) in [6, 6.07) is 9.21. The van der Waals surface area contributed by atoms with Gasteiger partial charge in [-0.05, 0) is 38.0 Å². The second-order valence-electron chi connectivity index (χ2n) is 7.23. The zero-order chi connectivity index (χ0) is 18.8. The van der Waals surface area contributed by atoms with Gasteiger partial charge >= 0.3 is 0 Å². The molecule has 0 spiro atoms. The Balaban J connectivity index is 1.42. The Hall–Kier alpha value is -2.34. The molecular formula is C20H23ClN4O2. The van der Waals surface area contributed by atoms with Gasteiger partial charge in [0.1, 0.15) is 17.9 Å². The summed E-state index contributed by atoms with van der Waals surface area (Å²) in [6.45, 7) is 4.35. The van der Waals surface area contributed by atoms with Crippen LogP contribution in [0.1, 0.15) is 26.2 Å². The molecule has 1 atom stereocenters. The quantitative estimate of drug-likeness (QED) is 0.800. The van der Waals surface area contributed by atoms with E-state index >= 15 is 0 Å². The van der Waals surface area contributed by atoms with E-state index in [2.05, 4.69) is 21.8 Å². The summed E-state index contributed by atoms with van der Waals surface area (Å²) >= 11 is 6.00. The fraction of sp³-hybridized carbons (Fsp3) is 0.450. The normalized spacial score (nSPS) is 20.3. The van der Waals surface area contributed by atoms with Crippen molar-refractivity contribution in [3.05, 3.63) is 41.7 Å². The number of rotatable bonds is 4. The van der Waals surface area contributed by atoms with E-state index < -0.39 is 0 Å². The van der Waals surface area contributed by atoms with Crippen molar-refractivity contribution < 1.29 is 9.53 Å². The fourth-order valence-corrected chi connectivity index (χ4v) is 3.77. The molecule has 0 unspecified atom stereocenters. The maximum atomic E-state index is 12.6. The van der Waals surface area contributed by atoms with Crippen LogP contribution in [-0.4, -0.2) is 46.5 Å². The molecule has 1 amide bonds. The number of benzene rings is 1. The van der Waals surface area contributed by atoms with Crippen molar-refractivity contribution in [3.8, 4) is 11.6 Å². The topological polar surface area (TPSA) is 58.6 Å². The number of halogens is 1. The van der Waals surface area contributed by atoms with Gasteiger partial charge in [0.25, 0.3) is 0 Å². The first-order valence-corrected chi connectivity index (χ1v) is 9.79. The van der Waals surface area contributed by atoms with Gasteiger partial charge in [0.2, 0.25) is 11.8 Å². The van der Waals surface area contributed by atoms with E-state index in [9.17, 15) is 4.79 Å². The Morgan fingerprint density at radius 1 is 1.22 bits per heavy atom. The molecule has 1 aliphatic carbocycles. The molecular weight excluding hydrogens is 364 g/mol. The standard InChI is InChI=1S/C20H23ClN4O2/c1-14-12-24(8-9-25(14)20(26)15-4-2-5-15)18-11-19(23-13-22-18)27-17-7-3-6-16(21)10-17/h3,6-7,10-11,13-15H,2,4-5,8-9,12H2,1H3/t14-/m1/s1. The predicted octanol–water partition coefficient (Wildman–Crippen LogP) is 3.76. The predicted molar refractivity (Wildman–Crippen MR) is 104 cm³/mol. The van der Waals surface area contributed by atoms with Crippen molar-refractivity contribution in [2.75, 3.05) is 24.5 Å². The van der Waals surface area contributed by atoms with Crippen molar-refractivity contribution in [3.63, 3.8) is 0 Å². The lowest BCUT2D eigenvalue weighted by Gasteiger charge is -2.43. The molecule has 0 radical (unpaired) electrons. The minimum absolute atomic E-state index is 0.166. The highest BCUT2D eigenvalue weighted by molar-refractivity contribution is 6.30. The highest BCUT2D eigenvalue weighted by Gasteiger charge is 2.34. The molecule has 2 aliphatic rings. The summed E-state index contributed by atoms with van der Waals surface area (Å²) in [7, 11) is 0. The highest BCUT2D eigenvalue weighted by atomic mass is 35.5. The molecule has 1 saturated carbocycles. The lowest BCUT2D eigenvalue weighted by atomic mass is 9.84. The summed E-state index contributed by atoms with van der Waals surface area (Å²) < 4.78 is 5.80. The first-order chi connectivity index (χ1) is 13.1. The van der Waals surface area contributed by atoms with E-state index in [1.54, 1.807) is 12.1 Å². The van der Waals surface area contributed by atoms with Gasteiger partial charge in [0.15, 0.2) is 0 Å². The molecule has 27 heavy (non-hydrogen) atoms. The minimum Gasteiger partial charge on any atom is -0.439 e. The third-order valence-electron chi connectivity index (χ3n) is 5.34. The summed E-state index contributed by atoms with van der Waals surface area (Å²) in [5.74, 6) is 2.49. The number of amides is 1. The average molecular weight is 387 g/mol. The van der Waals surface area contributed by atoms with Crippen LogP contribution in [0.5, 0.6) is 11.6 Å². The molecule has 2 fully saturated rings. The second-order valence-corrected chi connectivity index (χ2v) is 7.66. The monoisotopic (exact) mass is 386 g/mol. The molecule has 1 saturated heterocycles. The Bertz CT molecular complexity index is 827. The van der Waals surface area contributed by atoms with E-state index in [-0.39, 0.29) is 12.0 Å². The van der Waals surface area contributed by atoms with Crippen LogP contribution in [0.15, 0.2) is 36.7 Å². The summed E-state index contributed by atoms with van der Waals surface area (Å²) in [5.41, 5.74) is 0. The van der Waals surface area contributed by atoms with Gasteiger partial charge in [-0.1, -0.05) is 24.1 Å². The first kappa shape index (κ1) is 18.0. The number of ether oxygens (including phenoxy) is 1. The Morgan fingerprint density at radius 2 is 2.07 bits per heavy atom. The number of nitrogens with zero attached hydrogens (tertiary/aromatic N) is 4. The molecule has 1 aliphatic heterocycles. The minimum atomic E-state index is 0.166. The van der Waals surface area contributed by atoms with Crippen molar-refractivity contribution in [2.45, 2.75) is 32.2 Å². The number of hydrogen-bond acceptors (Lipinski definition) is 5. The SMILES string of the molecule is C[C@@H]1CN(c2cc(Oc3cccc(Cl)c3)ncn2)CCN1C(=O)C1CCC1. The molecule has 1 aromatic carbocycles. The average Bonchev–Trinajstić information content (AvgIpc) is 2.60. The third kappa shape index (κ3) is 4.00. The Kier molecular flexibility index (Phi) is 5.16. The van der Waals surface area contributed by atoms with Crippen LogP contribution < -0.4 is 9.64 Å². The molecule has 142 valence electrons. The molecule has 2 aromatic rings. The molecule has 4 rings (SSSR count). The second kappa shape index (κ2) is 7.72. The first-order valence-electron chi connectivity index (χ1n) is 9.41. The number of anilines is 1. The summed E-state index contributed by atoms with van der Waals surface area (Å²) in [5, 5.41) is 0.614. The van der Waals surface area contributed by atoms with Crippen molar-refractivity contribution in [1.29, 1.82) is 0 Å². The van der Waals surface area contributed by atoms with Gasteiger partial charge in [0.05, 0.1) is 0 Å². The lowest BCUT2D eigenvalue weighted by Crippen LogP contribution is -2.56. The zero-order valence-corrected chi connectivity index (χ0v) is 16.1. The van der Waals surface area contributed by atoms with Crippen LogP contribution in [-0.2, 0) is 4.79 Å². The molecule has 6 nitrogen and oxygen atoms in total. The van der Waals surface area contributed by atoms with Gasteiger partial charge in [-0.15, -0.1) is 0 Å². The van der Waals surface area contributed by atoms with E-state index in [0.717, 1.165) is 38.3 Å². The lowest BCUT2D eigenvalue weighted by molar-refractivity contribution is -0.140. The highest BCUT2D eigenvalue weighted by Crippen LogP contribution is 2.30. The molecule has 7 heteroatoms. The van der Waals surface area contributed by atoms with Crippen LogP contribution in [0, 0.1) is 5.92 Å². The van der Waals surface area contributed by atoms with Crippen molar-refractivity contribution in [1.82, 2.24) is 14.9 Å². The van der Waals surface area contributed by atoms with E-state index in [1.165, 1.54) is 12.7 Å². The number of piperazine rings is 1. The number of carbonyl (C=O) groups excluding carboxylic acids is 1. The van der Waals surface area contributed by atoms with Crippen LogP contribution in [0.2, 0.25) is 5.02 Å². The van der Waals surface area contributed by atoms with Gasteiger partial charge < -0.3 is 14.5 Å². The third-order valence-corrected chi connectivity index (χ3v) is 5.57. The summed E-state index contributed by atoms with van der Waals surface area (Å²) in [4.78, 5) is 25.4. The molecule has 0 N–H and O–H groups in total. The molecule has 1 aromatic heterocycles.